The monoisotopic (exact) mass is 419 g/mol. The standard InChI is InChI=1S/C21H26FN3O3S/c1-16(2)17-7-9-18(10-8-17)23-21(26)15-24-11-13-25(14-12-24)29(27,28)20-6-4-3-5-19(20)22/h3-10,16H,11-15H2,1-2H3,(H,23,26). The van der Waals surface area contributed by atoms with Crippen molar-refractivity contribution in [3.63, 3.8) is 0 Å². The van der Waals surface area contributed by atoms with E-state index in [1.54, 1.807) is 0 Å². The Morgan fingerprint density at radius 3 is 2.24 bits per heavy atom. The minimum absolute atomic E-state index is 0.146. The third kappa shape index (κ3) is 5.20. The summed E-state index contributed by atoms with van der Waals surface area (Å²) >= 11 is 0. The summed E-state index contributed by atoms with van der Waals surface area (Å²) in [6, 6.07) is 13.1. The van der Waals surface area contributed by atoms with E-state index >= 15 is 0 Å². The highest BCUT2D eigenvalue weighted by Crippen LogP contribution is 2.20. The number of nitrogens with one attached hydrogen (secondary N) is 1. The van der Waals surface area contributed by atoms with Gasteiger partial charge in [0.05, 0.1) is 6.54 Å². The van der Waals surface area contributed by atoms with Gasteiger partial charge in [-0.1, -0.05) is 38.1 Å². The van der Waals surface area contributed by atoms with Gasteiger partial charge in [-0.15, -0.1) is 0 Å². The summed E-state index contributed by atoms with van der Waals surface area (Å²) in [5.74, 6) is -0.470. The number of carbonyl (C=O) groups excluding carboxylic acids is 1. The number of amides is 1. The topological polar surface area (TPSA) is 69.7 Å². The summed E-state index contributed by atoms with van der Waals surface area (Å²) < 4.78 is 40.4. The van der Waals surface area contributed by atoms with Gasteiger partial charge in [0.1, 0.15) is 10.7 Å². The highest BCUT2D eigenvalue weighted by atomic mass is 32.2. The van der Waals surface area contributed by atoms with Gasteiger partial charge in [-0.2, -0.15) is 4.31 Å². The molecule has 1 aliphatic rings. The quantitative estimate of drug-likeness (QED) is 0.782. The molecule has 6 nitrogen and oxygen atoms in total. The number of benzene rings is 2. The van der Waals surface area contributed by atoms with Crippen LogP contribution < -0.4 is 5.32 Å². The van der Waals surface area contributed by atoms with Crippen LogP contribution in [-0.4, -0.2) is 56.3 Å². The van der Waals surface area contributed by atoms with Crippen molar-refractivity contribution in [3.8, 4) is 0 Å². The van der Waals surface area contributed by atoms with Crippen molar-refractivity contribution in [1.29, 1.82) is 0 Å². The van der Waals surface area contributed by atoms with E-state index in [-0.39, 0.29) is 30.4 Å². The Morgan fingerprint density at radius 1 is 1.03 bits per heavy atom. The maximum Gasteiger partial charge on any atom is 0.246 e. The number of carbonyl (C=O) groups is 1. The Bertz CT molecular complexity index is 953. The number of sulfonamides is 1. The van der Waals surface area contributed by atoms with Crippen LogP contribution in [0.15, 0.2) is 53.4 Å². The van der Waals surface area contributed by atoms with E-state index in [9.17, 15) is 17.6 Å². The number of hydrogen-bond donors (Lipinski definition) is 1. The van der Waals surface area contributed by atoms with Crippen LogP contribution in [0.2, 0.25) is 0 Å². The Labute approximate surface area is 171 Å². The second-order valence-electron chi connectivity index (χ2n) is 7.44. The smallest absolute Gasteiger partial charge is 0.246 e. The summed E-state index contributed by atoms with van der Waals surface area (Å²) in [6.07, 6.45) is 0. The first-order chi connectivity index (χ1) is 13.8. The predicted octanol–water partition coefficient (Wildman–Crippen LogP) is 2.89. The molecule has 1 heterocycles. The van der Waals surface area contributed by atoms with E-state index in [0.717, 1.165) is 11.8 Å². The van der Waals surface area contributed by atoms with Gasteiger partial charge in [0.2, 0.25) is 15.9 Å². The van der Waals surface area contributed by atoms with Crippen LogP contribution >= 0.6 is 0 Å². The third-order valence-electron chi connectivity index (χ3n) is 5.01. The summed E-state index contributed by atoms with van der Waals surface area (Å²) in [5.41, 5.74) is 1.94. The van der Waals surface area contributed by atoms with Crippen LogP contribution in [0.1, 0.15) is 25.3 Å². The molecule has 29 heavy (non-hydrogen) atoms. The molecule has 3 rings (SSSR count). The Hall–Kier alpha value is -2.29. The van der Waals surface area contributed by atoms with Gasteiger partial charge in [-0.25, -0.2) is 12.8 Å². The van der Waals surface area contributed by atoms with Gasteiger partial charge in [0, 0.05) is 31.9 Å². The summed E-state index contributed by atoms with van der Waals surface area (Å²) in [5, 5.41) is 2.87. The molecule has 2 aromatic carbocycles. The molecule has 1 N–H and O–H groups in total. The van der Waals surface area contributed by atoms with Crippen LogP contribution in [-0.2, 0) is 14.8 Å². The molecular weight excluding hydrogens is 393 g/mol. The molecule has 0 spiro atoms. The molecule has 1 fully saturated rings. The number of halogens is 1. The first kappa shape index (κ1) is 21.4. The zero-order chi connectivity index (χ0) is 21.0. The lowest BCUT2D eigenvalue weighted by atomic mass is 10.0. The van der Waals surface area contributed by atoms with Crippen LogP contribution in [0.4, 0.5) is 10.1 Å². The SMILES string of the molecule is CC(C)c1ccc(NC(=O)CN2CCN(S(=O)(=O)c3ccccc3F)CC2)cc1. The van der Waals surface area contributed by atoms with Gasteiger partial charge in [0.25, 0.3) is 0 Å². The largest absolute Gasteiger partial charge is 0.325 e. The van der Waals surface area contributed by atoms with Crippen LogP contribution in [0, 0.1) is 5.82 Å². The summed E-state index contributed by atoms with van der Waals surface area (Å²) in [6.45, 7) is 5.65. The van der Waals surface area contributed by atoms with Crippen molar-refractivity contribution in [2.24, 2.45) is 0 Å². The minimum atomic E-state index is -3.87. The maximum absolute atomic E-state index is 13.9. The van der Waals surface area contributed by atoms with E-state index in [1.165, 1.54) is 28.1 Å². The molecule has 1 saturated heterocycles. The van der Waals surface area contributed by atoms with E-state index in [1.807, 2.05) is 29.2 Å². The molecule has 0 aromatic heterocycles. The number of piperazine rings is 1. The van der Waals surface area contributed by atoms with Gasteiger partial charge in [0.15, 0.2) is 0 Å². The highest BCUT2D eigenvalue weighted by Gasteiger charge is 2.30. The molecular formula is C21H26FN3O3S. The summed E-state index contributed by atoms with van der Waals surface area (Å²) in [7, 11) is -3.87. The van der Waals surface area contributed by atoms with Crippen LogP contribution in [0.25, 0.3) is 0 Å². The molecule has 8 heteroatoms. The van der Waals surface area contributed by atoms with Crippen molar-refractivity contribution in [3.05, 3.63) is 59.9 Å². The second kappa shape index (κ2) is 9.02. The zero-order valence-electron chi connectivity index (χ0n) is 16.6. The number of rotatable bonds is 6. The van der Waals surface area contributed by atoms with E-state index in [0.29, 0.717) is 19.0 Å². The molecule has 0 bridgehead atoms. The fraction of sp³-hybridized carbons (Fsp3) is 0.381. The number of nitrogens with zero attached hydrogens (tertiary/aromatic N) is 2. The fourth-order valence-corrected chi connectivity index (χ4v) is 4.76. The van der Waals surface area contributed by atoms with E-state index in [2.05, 4.69) is 19.2 Å². The van der Waals surface area contributed by atoms with Gasteiger partial charge in [-0.05, 0) is 35.7 Å². The predicted molar refractivity (Wildman–Crippen MR) is 111 cm³/mol. The average Bonchev–Trinajstić information content (AvgIpc) is 2.69. The van der Waals surface area contributed by atoms with Gasteiger partial charge < -0.3 is 5.32 Å². The molecule has 1 aliphatic heterocycles. The molecule has 0 atom stereocenters. The Morgan fingerprint density at radius 2 is 1.66 bits per heavy atom. The van der Waals surface area contributed by atoms with Crippen molar-refractivity contribution in [1.82, 2.24) is 9.21 Å². The minimum Gasteiger partial charge on any atom is -0.325 e. The maximum atomic E-state index is 13.9. The van der Waals surface area contributed by atoms with Crippen LogP contribution in [0.3, 0.4) is 0 Å². The van der Waals surface area contributed by atoms with Crippen molar-refractivity contribution >= 4 is 21.6 Å². The molecule has 1 amide bonds. The Balaban J connectivity index is 1.53. The lowest BCUT2D eigenvalue weighted by molar-refractivity contribution is -0.117. The third-order valence-corrected chi connectivity index (χ3v) is 6.95. The van der Waals surface area contributed by atoms with E-state index in [4.69, 9.17) is 0 Å². The average molecular weight is 420 g/mol. The molecule has 156 valence electrons. The molecule has 0 radical (unpaired) electrons. The fourth-order valence-electron chi connectivity index (χ4n) is 3.28. The van der Waals surface area contributed by atoms with Crippen molar-refractivity contribution < 1.29 is 17.6 Å². The zero-order valence-corrected chi connectivity index (χ0v) is 17.5. The molecule has 0 aliphatic carbocycles. The summed E-state index contributed by atoms with van der Waals surface area (Å²) in [4.78, 5) is 13.9. The molecule has 0 saturated carbocycles. The van der Waals surface area contributed by atoms with Crippen LogP contribution in [0.5, 0.6) is 0 Å². The van der Waals surface area contributed by atoms with Gasteiger partial charge in [-0.3, -0.25) is 9.69 Å². The number of anilines is 1. The lowest BCUT2D eigenvalue weighted by Crippen LogP contribution is -2.50. The first-order valence-corrected chi connectivity index (χ1v) is 11.1. The van der Waals surface area contributed by atoms with Gasteiger partial charge >= 0.3 is 0 Å². The normalized spacial score (nSPS) is 16.1. The molecule has 2 aromatic rings. The molecule has 0 unspecified atom stereocenters. The number of hydrogen-bond acceptors (Lipinski definition) is 4. The second-order valence-corrected chi connectivity index (χ2v) is 9.34. The van der Waals surface area contributed by atoms with Crippen molar-refractivity contribution in [2.45, 2.75) is 24.7 Å². The first-order valence-electron chi connectivity index (χ1n) is 9.64. The highest BCUT2D eigenvalue weighted by molar-refractivity contribution is 7.89. The van der Waals surface area contributed by atoms with E-state index < -0.39 is 15.8 Å². The van der Waals surface area contributed by atoms with Crippen molar-refractivity contribution in [2.75, 3.05) is 38.0 Å². The lowest BCUT2D eigenvalue weighted by Gasteiger charge is -2.33. The Kier molecular flexibility index (Phi) is 6.66.